The maximum atomic E-state index is 6.24. The van der Waals surface area contributed by atoms with E-state index < -0.39 is 16.5 Å². The van der Waals surface area contributed by atoms with E-state index in [-0.39, 0.29) is 12.1 Å². The van der Waals surface area contributed by atoms with E-state index in [0.29, 0.717) is 0 Å². The second-order valence-corrected chi connectivity index (χ2v) is 7.93. The first-order chi connectivity index (χ1) is 11.1. The van der Waals surface area contributed by atoms with Crippen LogP contribution in [-0.4, -0.2) is 14.2 Å². The Bertz CT molecular complexity index is 516. The molecule has 0 fully saturated rings. The second kappa shape index (κ2) is 10.9. The number of halogens is 2. The Balaban J connectivity index is 0.000000816. The Hall–Kier alpha value is -0.772. The first kappa shape index (κ1) is 20.3. The summed E-state index contributed by atoms with van der Waals surface area (Å²) in [7, 11) is 13.0. The zero-order chi connectivity index (χ0) is 17.2. The van der Waals surface area contributed by atoms with Crippen molar-refractivity contribution in [2.75, 3.05) is 14.2 Å². The summed E-state index contributed by atoms with van der Waals surface area (Å²) in [5, 5.41) is 0. The van der Waals surface area contributed by atoms with Crippen LogP contribution >= 0.6 is 18.8 Å². The molecule has 7 heteroatoms. The van der Waals surface area contributed by atoms with Crippen molar-refractivity contribution in [2.24, 2.45) is 11.5 Å². The monoisotopic (exact) mass is 537 g/mol. The molecule has 4 nitrogen and oxygen atoms in total. The van der Waals surface area contributed by atoms with Crippen LogP contribution in [-0.2, 0) is 16.5 Å². The van der Waals surface area contributed by atoms with Crippen LogP contribution in [0.5, 0.6) is 11.5 Å². The van der Waals surface area contributed by atoms with Gasteiger partial charge < -0.3 is 20.9 Å². The number of methoxy groups -OCH3 is 2. The molecule has 0 amide bonds. The van der Waals surface area contributed by atoms with Gasteiger partial charge in [0, 0.05) is 12.1 Å². The maximum absolute atomic E-state index is 6.24. The van der Waals surface area contributed by atoms with Gasteiger partial charge in [0.25, 0.3) is 0 Å². The van der Waals surface area contributed by atoms with Crippen molar-refractivity contribution in [3.63, 3.8) is 0 Å². The van der Waals surface area contributed by atoms with Gasteiger partial charge in [-0.15, -0.1) is 0 Å². The summed E-state index contributed by atoms with van der Waals surface area (Å²) in [4.78, 5) is 0. The molecule has 0 bridgehead atoms. The Morgan fingerprint density at radius 2 is 1.00 bits per heavy atom. The van der Waals surface area contributed by atoms with Crippen LogP contribution in [0, 0.1) is 0 Å². The molecule has 0 aliphatic rings. The molecule has 23 heavy (non-hydrogen) atoms. The Morgan fingerprint density at radius 1 is 0.739 bits per heavy atom. The molecule has 2 atom stereocenters. The Morgan fingerprint density at radius 3 is 1.22 bits per heavy atom. The Labute approximate surface area is 153 Å². The van der Waals surface area contributed by atoms with Crippen LogP contribution in [0.2, 0.25) is 0 Å². The SMILES string of the molecule is COc1ccc(C(N)C(N)c2ccc(OC)cc2)cc1.[Cl][Pt][Cl]. The summed E-state index contributed by atoms with van der Waals surface area (Å²) in [6, 6.07) is 14.8. The quantitative estimate of drug-likeness (QED) is 0.609. The van der Waals surface area contributed by atoms with Gasteiger partial charge in [0.05, 0.1) is 14.2 Å². The van der Waals surface area contributed by atoms with Crippen molar-refractivity contribution < 1.29 is 26.0 Å². The van der Waals surface area contributed by atoms with E-state index in [1.54, 1.807) is 14.2 Å². The minimum atomic E-state index is -0.472. The van der Waals surface area contributed by atoms with Crippen molar-refractivity contribution in [1.29, 1.82) is 0 Å². The van der Waals surface area contributed by atoms with Crippen LogP contribution in [0.3, 0.4) is 0 Å². The van der Waals surface area contributed by atoms with Gasteiger partial charge >= 0.3 is 35.3 Å². The standard InChI is InChI=1S/C16H20N2O2.2ClH.Pt/c1-19-13-7-3-11(4-8-13)15(17)16(18)12-5-9-14(20-2)10-6-12;;;/h3-10,15-16H,17-18H2,1-2H3;2*1H;/q;;;+2/p-2. The minimum absolute atomic E-state index is 0.269. The number of rotatable bonds is 5. The zero-order valence-electron chi connectivity index (χ0n) is 12.8. The molecule has 0 aromatic heterocycles. The normalized spacial score (nSPS) is 12.8. The number of benzene rings is 2. The van der Waals surface area contributed by atoms with E-state index >= 15 is 0 Å². The predicted molar refractivity (Wildman–Crippen MR) is 91.6 cm³/mol. The van der Waals surface area contributed by atoms with E-state index in [4.69, 9.17) is 39.8 Å². The van der Waals surface area contributed by atoms with E-state index in [1.807, 2.05) is 48.5 Å². The molecular formula is C16H20Cl2N2O2Pt. The molecule has 2 unspecified atom stereocenters. The van der Waals surface area contributed by atoms with Gasteiger partial charge in [0.15, 0.2) is 0 Å². The van der Waals surface area contributed by atoms with Crippen LogP contribution in [0.4, 0.5) is 0 Å². The third-order valence-electron chi connectivity index (χ3n) is 3.39. The number of hydrogen-bond donors (Lipinski definition) is 2. The molecule has 0 spiro atoms. The van der Waals surface area contributed by atoms with Crippen molar-refractivity contribution in [3.05, 3.63) is 59.7 Å². The van der Waals surface area contributed by atoms with Crippen LogP contribution < -0.4 is 20.9 Å². The molecule has 130 valence electrons. The molecule has 4 N–H and O–H groups in total. The summed E-state index contributed by atoms with van der Waals surface area (Å²) >= 11 is -0.472. The van der Waals surface area contributed by atoms with Crippen molar-refractivity contribution in [3.8, 4) is 11.5 Å². The molecule has 0 aliphatic carbocycles. The van der Waals surface area contributed by atoms with Crippen molar-refractivity contribution in [1.82, 2.24) is 0 Å². The molecule has 0 heterocycles. The van der Waals surface area contributed by atoms with Gasteiger partial charge in [-0.1, -0.05) is 24.3 Å². The van der Waals surface area contributed by atoms with Crippen LogP contribution in [0.25, 0.3) is 0 Å². The molecule has 0 aliphatic heterocycles. The number of ether oxygens (including phenoxy) is 2. The van der Waals surface area contributed by atoms with E-state index in [0.717, 1.165) is 22.6 Å². The fraction of sp³-hybridized carbons (Fsp3) is 0.250. The fourth-order valence-electron chi connectivity index (χ4n) is 2.07. The third kappa shape index (κ3) is 6.32. The summed E-state index contributed by atoms with van der Waals surface area (Å²) in [5.41, 5.74) is 14.4. The Kier molecular flexibility index (Phi) is 9.61. The van der Waals surface area contributed by atoms with Crippen LogP contribution in [0.15, 0.2) is 48.5 Å². The molecule has 2 aromatic rings. The average Bonchev–Trinajstić information content (AvgIpc) is 2.61. The summed E-state index contributed by atoms with van der Waals surface area (Å²) < 4.78 is 10.3. The van der Waals surface area contributed by atoms with Gasteiger partial charge in [-0.25, -0.2) is 0 Å². The molecule has 0 radical (unpaired) electrons. The first-order valence-corrected chi connectivity index (χ1v) is 12.3. The van der Waals surface area contributed by atoms with Gasteiger partial charge in [0.1, 0.15) is 11.5 Å². The predicted octanol–water partition coefficient (Wildman–Crippen LogP) is 3.78. The van der Waals surface area contributed by atoms with Gasteiger partial charge in [0.2, 0.25) is 0 Å². The number of nitrogens with two attached hydrogens (primary N) is 2. The molecular weight excluding hydrogens is 518 g/mol. The van der Waals surface area contributed by atoms with Crippen molar-refractivity contribution in [2.45, 2.75) is 12.1 Å². The topological polar surface area (TPSA) is 70.5 Å². The second-order valence-electron chi connectivity index (χ2n) is 4.64. The number of hydrogen-bond acceptors (Lipinski definition) is 4. The molecule has 2 aromatic carbocycles. The average molecular weight is 538 g/mol. The van der Waals surface area contributed by atoms with Gasteiger partial charge in [-0.05, 0) is 35.4 Å². The summed E-state index contributed by atoms with van der Waals surface area (Å²) in [6.45, 7) is 0. The van der Waals surface area contributed by atoms with E-state index in [9.17, 15) is 0 Å². The fourth-order valence-corrected chi connectivity index (χ4v) is 2.07. The van der Waals surface area contributed by atoms with Gasteiger partial charge in [-0.3, -0.25) is 0 Å². The zero-order valence-corrected chi connectivity index (χ0v) is 16.6. The van der Waals surface area contributed by atoms with E-state index in [1.165, 1.54) is 0 Å². The van der Waals surface area contributed by atoms with Crippen LogP contribution in [0.1, 0.15) is 23.2 Å². The summed E-state index contributed by atoms with van der Waals surface area (Å²) in [5.74, 6) is 1.61. The third-order valence-corrected chi connectivity index (χ3v) is 3.39. The van der Waals surface area contributed by atoms with E-state index in [2.05, 4.69) is 0 Å². The first-order valence-electron chi connectivity index (χ1n) is 6.68. The summed E-state index contributed by atoms with van der Waals surface area (Å²) in [6.07, 6.45) is 0. The molecule has 0 saturated carbocycles. The molecule has 0 saturated heterocycles. The van der Waals surface area contributed by atoms with Crippen molar-refractivity contribution >= 4 is 18.8 Å². The van der Waals surface area contributed by atoms with Gasteiger partial charge in [-0.2, -0.15) is 0 Å². The molecule has 2 rings (SSSR count).